The maximum atomic E-state index is 13.2. The lowest BCUT2D eigenvalue weighted by Gasteiger charge is -2.26. The minimum atomic E-state index is -3.55. The highest BCUT2D eigenvalue weighted by molar-refractivity contribution is 7.92. The van der Waals surface area contributed by atoms with Gasteiger partial charge in [0.2, 0.25) is 10.0 Å². The molecule has 0 atom stereocenters. The van der Waals surface area contributed by atoms with Crippen LogP contribution >= 0.6 is 11.6 Å². The number of carboxylic acid groups (broad SMARTS) is 1. The van der Waals surface area contributed by atoms with Gasteiger partial charge in [-0.25, -0.2) is 18.4 Å². The fourth-order valence-corrected chi connectivity index (χ4v) is 5.19. The average Bonchev–Trinajstić information content (AvgIpc) is 3.40. The van der Waals surface area contributed by atoms with E-state index >= 15 is 0 Å². The fraction of sp³-hybridized carbons (Fsp3) is 0.269. The van der Waals surface area contributed by atoms with E-state index in [9.17, 15) is 13.2 Å². The van der Waals surface area contributed by atoms with Crippen LogP contribution in [0.1, 0.15) is 35.4 Å². The van der Waals surface area contributed by atoms with Crippen LogP contribution in [0.3, 0.4) is 0 Å². The summed E-state index contributed by atoms with van der Waals surface area (Å²) in [6.45, 7) is 2.56. The molecular weight excluding hydrogens is 558 g/mol. The maximum absolute atomic E-state index is 13.2. The molecule has 1 aromatic carbocycles. The molecule has 40 heavy (non-hydrogen) atoms. The molecule has 4 aromatic rings. The molecule has 3 aromatic heterocycles. The zero-order valence-electron chi connectivity index (χ0n) is 21.6. The van der Waals surface area contributed by atoms with Gasteiger partial charge in [0.05, 0.1) is 35.0 Å². The minimum Gasteiger partial charge on any atom is -0.483 e. The number of halogens is 1. The van der Waals surface area contributed by atoms with Crippen LogP contribution in [0.2, 0.25) is 5.15 Å². The van der Waals surface area contributed by atoms with E-state index in [4.69, 9.17) is 21.5 Å². The van der Waals surface area contributed by atoms with Gasteiger partial charge in [0, 0.05) is 23.7 Å². The van der Waals surface area contributed by atoms with Crippen LogP contribution in [-0.4, -0.2) is 70.3 Å². The third-order valence-electron chi connectivity index (χ3n) is 6.15. The van der Waals surface area contributed by atoms with E-state index in [-0.39, 0.29) is 23.2 Å². The van der Waals surface area contributed by atoms with Crippen LogP contribution in [0.4, 0.5) is 11.4 Å². The predicted molar refractivity (Wildman–Crippen MR) is 153 cm³/mol. The number of sulfonamides is 1. The number of carbonyl (C=O) groups excluding carboxylic acids is 1. The Balaban J connectivity index is 0.00000118. The molecule has 0 bridgehead atoms. The monoisotopic (exact) mass is 585 g/mol. The Kier molecular flexibility index (Phi) is 9.30. The van der Waals surface area contributed by atoms with Crippen LogP contribution in [0.5, 0.6) is 0 Å². The molecule has 0 spiro atoms. The Morgan fingerprint density at radius 3 is 2.58 bits per heavy atom. The van der Waals surface area contributed by atoms with Crippen molar-refractivity contribution in [1.29, 1.82) is 0 Å². The molecule has 0 unspecified atom stereocenters. The summed E-state index contributed by atoms with van der Waals surface area (Å²) in [6, 6.07) is 10.7. The standard InChI is InChI=1S/C25H26ClN7O3S.CH2O2/c1-37(35,36)32-23-12-17(13-27-24(23)26)16-10-21(19-14-28-31-22(19)11-16)30-25(34)20-7-5-6-18(29-20)15-33-8-3-2-4-9-33;2-1-3/h5-7,10-14,32H,2-4,8-9,15H2,1H3,(H,28,31)(H,30,34);1H,(H,2,3). The third kappa shape index (κ3) is 7.52. The summed E-state index contributed by atoms with van der Waals surface area (Å²) in [5.41, 5.74) is 3.84. The molecule has 1 fully saturated rings. The molecule has 0 saturated carbocycles. The number of piperidine rings is 1. The van der Waals surface area contributed by atoms with E-state index in [1.165, 1.54) is 25.5 Å². The number of hydrogen-bond donors (Lipinski definition) is 4. The lowest BCUT2D eigenvalue weighted by molar-refractivity contribution is -0.122. The van der Waals surface area contributed by atoms with Crippen LogP contribution in [0.25, 0.3) is 22.0 Å². The highest BCUT2D eigenvalue weighted by Gasteiger charge is 2.16. The van der Waals surface area contributed by atoms with Gasteiger partial charge in [0.25, 0.3) is 12.4 Å². The SMILES string of the molecule is CS(=O)(=O)Nc1cc(-c2cc(NC(=O)c3cccc(CN4CCCCC4)n3)c3cn[nH]c3c2)cnc1Cl.O=CO. The Morgan fingerprint density at radius 1 is 1.12 bits per heavy atom. The number of likely N-dealkylation sites (tertiary alicyclic amines) is 1. The zero-order valence-corrected chi connectivity index (χ0v) is 23.2. The largest absolute Gasteiger partial charge is 0.483 e. The van der Waals surface area contributed by atoms with Crippen molar-refractivity contribution in [1.82, 2.24) is 25.1 Å². The quantitative estimate of drug-likeness (QED) is 0.185. The fourth-order valence-electron chi connectivity index (χ4n) is 4.43. The van der Waals surface area contributed by atoms with Crippen molar-refractivity contribution in [2.75, 3.05) is 29.4 Å². The van der Waals surface area contributed by atoms with E-state index < -0.39 is 10.0 Å². The number of pyridine rings is 2. The molecule has 1 aliphatic rings. The zero-order chi connectivity index (χ0) is 28.7. The second-order valence-electron chi connectivity index (χ2n) is 9.20. The van der Waals surface area contributed by atoms with Gasteiger partial charge < -0.3 is 10.4 Å². The molecule has 0 aliphatic carbocycles. The summed E-state index contributed by atoms with van der Waals surface area (Å²) in [5, 5.41) is 17.6. The van der Waals surface area contributed by atoms with E-state index in [1.54, 1.807) is 24.4 Å². The molecule has 5 rings (SSSR count). The van der Waals surface area contributed by atoms with Gasteiger partial charge in [-0.05, 0) is 61.8 Å². The molecule has 4 N–H and O–H groups in total. The number of nitrogens with zero attached hydrogens (tertiary/aromatic N) is 4. The second kappa shape index (κ2) is 12.9. The summed E-state index contributed by atoms with van der Waals surface area (Å²) in [4.78, 5) is 32.6. The van der Waals surface area contributed by atoms with Gasteiger partial charge in [-0.1, -0.05) is 24.1 Å². The third-order valence-corrected chi connectivity index (χ3v) is 7.04. The van der Waals surface area contributed by atoms with Gasteiger partial charge in [0.1, 0.15) is 5.69 Å². The Labute approximate surface area is 235 Å². The van der Waals surface area contributed by atoms with Crippen molar-refractivity contribution in [3.05, 3.63) is 65.3 Å². The highest BCUT2D eigenvalue weighted by Crippen LogP contribution is 2.33. The molecule has 4 heterocycles. The minimum absolute atomic E-state index is 0.0285. The van der Waals surface area contributed by atoms with Crippen LogP contribution < -0.4 is 10.0 Å². The van der Waals surface area contributed by atoms with Gasteiger partial charge in [0.15, 0.2) is 5.15 Å². The lowest BCUT2D eigenvalue weighted by Crippen LogP contribution is -2.29. The number of benzene rings is 1. The Hall–Kier alpha value is -4.07. The number of nitrogens with one attached hydrogen (secondary N) is 3. The summed E-state index contributed by atoms with van der Waals surface area (Å²) in [7, 11) is -3.55. The molecule has 12 nitrogen and oxygen atoms in total. The number of aromatic nitrogens is 4. The van der Waals surface area contributed by atoms with Crippen molar-refractivity contribution < 1.29 is 23.1 Å². The predicted octanol–water partition coefficient (Wildman–Crippen LogP) is 3.98. The summed E-state index contributed by atoms with van der Waals surface area (Å²) >= 11 is 6.09. The molecule has 14 heteroatoms. The van der Waals surface area contributed by atoms with Gasteiger partial charge in [-0.3, -0.25) is 24.3 Å². The number of carbonyl (C=O) groups is 2. The summed E-state index contributed by atoms with van der Waals surface area (Å²) < 4.78 is 25.8. The Morgan fingerprint density at radius 2 is 1.85 bits per heavy atom. The van der Waals surface area contributed by atoms with Gasteiger partial charge >= 0.3 is 0 Å². The molecule has 1 amide bonds. The smallest absolute Gasteiger partial charge is 0.290 e. The first-order valence-corrected chi connectivity index (χ1v) is 14.6. The van der Waals surface area contributed by atoms with Crippen molar-refractivity contribution in [2.45, 2.75) is 25.8 Å². The molecule has 0 radical (unpaired) electrons. The normalized spacial score (nSPS) is 13.8. The van der Waals surface area contributed by atoms with E-state index in [0.29, 0.717) is 28.0 Å². The first kappa shape index (κ1) is 28.9. The first-order valence-electron chi connectivity index (χ1n) is 12.3. The van der Waals surface area contributed by atoms with E-state index in [2.05, 4.69) is 35.1 Å². The topological polar surface area (TPSA) is 170 Å². The molecule has 1 saturated heterocycles. The molecule has 1 aliphatic heterocycles. The van der Waals surface area contributed by atoms with Crippen LogP contribution in [-0.2, 0) is 21.4 Å². The van der Waals surface area contributed by atoms with Crippen molar-refractivity contribution in [3.8, 4) is 11.1 Å². The number of anilines is 2. The second-order valence-corrected chi connectivity index (χ2v) is 11.3. The van der Waals surface area contributed by atoms with Crippen molar-refractivity contribution in [2.24, 2.45) is 0 Å². The summed E-state index contributed by atoms with van der Waals surface area (Å²) in [5.74, 6) is -0.339. The maximum Gasteiger partial charge on any atom is 0.290 e. The first-order chi connectivity index (χ1) is 19.2. The van der Waals surface area contributed by atoms with Gasteiger partial charge in [-0.15, -0.1) is 0 Å². The lowest BCUT2D eigenvalue weighted by atomic mass is 10.0. The molecule has 210 valence electrons. The van der Waals surface area contributed by atoms with Crippen LogP contribution in [0.15, 0.2) is 48.8 Å². The summed E-state index contributed by atoms with van der Waals surface area (Å²) in [6.07, 6.45) is 7.83. The molecular formula is C26H28ClN7O5S. The number of amides is 1. The average molecular weight is 586 g/mol. The number of aromatic amines is 1. The number of H-pyrrole nitrogens is 1. The number of rotatable bonds is 7. The van der Waals surface area contributed by atoms with E-state index in [1.807, 2.05) is 18.2 Å². The van der Waals surface area contributed by atoms with E-state index in [0.717, 1.165) is 37.0 Å². The van der Waals surface area contributed by atoms with Crippen molar-refractivity contribution in [3.63, 3.8) is 0 Å². The number of fused-ring (bicyclic) bond motifs is 1. The van der Waals surface area contributed by atoms with Crippen LogP contribution in [0, 0.1) is 0 Å². The van der Waals surface area contributed by atoms with Crippen molar-refractivity contribution >= 4 is 56.3 Å². The number of hydrogen-bond acceptors (Lipinski definition) is 8. The Bertz CT molecular complexity index is 1620. The van der Waals surface area contributed by atoms with Gasteiger partial charge in [-0.2, -0.15) is 5.10 Å². The highest BCUT2D eigenvalue weighted by atomic mass is 35.5.